The lowest BCUT2D eigenvalue weighted by atomic mass is 10.1. The molecule has 0 bridgehead atoms. The minimum atomic E-state index is -1.10. The summed E-state index contributed by atoms with van der Waals surface area (Å²) in [6, 6.07) is 8.44. The van der Waals surface area contributed by atoms with E-state index in [0.717, 1.165) is 17.7 Å². The first-order valence-electron chi connectivity index (χ1n) is 7.76. The molecule has 134 valence electrons. The number of benzene rings is 2. The number of halogens is 2. The fourth-order valence-corrected chi connectivity index (χ4v) is 2.54. The van der Waals surface area contributed by atoms with Crippen molar-refractivity contribution in [2.75, 3.05) is 7.05 Å². The maximum Gasteiger partial charge on any atom is 0.271 e. The van der Waals surface area contributed by atoms with Gasteiger partial charge in [0.05, 0.1) is 0 Å². The van der Waals surface area contributed by atoms with Crippen LogP contribution in [0.1, 0.15) is 11.1 Å². The first kappa shape index (κ1) is 17.5. The first-order chi connectivity index (χ1) is 12.3. The Bertz CT molecular complexity index is 884. The number of aromatic hydroxyl groups is 2. The molecule has 3 N–H and O–H groups in total. The number of phenols is 2. The number of carbonyl (C=O) groups excluding carboxylic acids is 1. The smallest absolute Gasteiger partial charge is 0.271 e. The number of rotatable bonds is 3. The number of nitrogens with zero attached hydrogens (tertiary/aromatic N) is 1. The summed E-state index contributed by atoms with van der Waals surface area (Å²) in [4.78, 5) is 13.7. The zero-order valence-electron chi connectivity index (χ0n) is 13.8. The average Bonchev–Trinajstić information content (AvgIpc) is 2.87. The molecule has 1 fully saturated rings. The molecule has 1 atom stereocenters. The van der Waals surface area contributed by atoms with Gasteiger partial charge in [-0.3, -0.25) is 4.79 Å². The highest BCUT2D eigenvalue weighted by molar-refractivity contribution is 5.99. The van der Waals surface area contributed by atoms with Gasteiger partial charge in [0.15, 0.2) is 17.4 Å². The van der Waals surface area contributed by atoms with Gasteiger partial charge in [0.2, 0.25) is 0 Å². The molecule has 1 aliphatic heterocycles. The van der Waals surface area contributed by atoms with Crippen LogP contribution in [0.2, 0.25) is 0 Å². The molecule has 5 nitrogen and oxygen atoms in total. The second kappa shape index (κ2) is 6.87. The van der Waals surface area contributed by atoms with Crippen LogP contribution in [0.4, 0.5) is 8.78 Å². The summed E-state index contributed by atoms with van der Waals surface area (Å²) < 4.78 is 26.9. The number of phenolic OH excluding ortho intramolecular Hbond substituents is 2. The van der Waals surface area contributed by atoms with Crippen molar-refractivity contribution in [2.45, 2.75) is 6.17 Å². The van der Waals surface area contributed by atoms with Crippen molar-refractivity contribution in [1.82, 2.24) is 10.2 Å². The largest absolute Gasteiger partial charge is 0.508 e. The molecular formula is C19H16F2N2O3. The standard InChI is InChI=1S/C19H16F2N2O3/c1-23-17(7-4-11-2-5-13(24)6-3-11)22-16(19(23)26)10-12-8-14(20)18(25)15(21)9-12/h2-10,17,22,24-25H,1H3/b7-4+,16-10-. The van der Waals surface area contributed by atoms with Crippen LogP contribution in [0, 0.1) is 11.6 Å². The van der Waals surface area contributed by atoms with Crippen LogP contribution >= 0.6 is 0 Å². The average molecular weight is 358 g/mol. The fraction of sp³-hybridized carbons (Fsp3) is 0.105. The predicted molar refractivity (Wildman–Crippen MR) is 92.8 cm³/mol. The molecule has 0 spiro atoms. The molecule has 26 heavy (non-hydrogen) atoms. The lowest BCUT2D eigenvalue weighted by Crippen LogP contribution is -2.31. The van der Waals surface area contributed by atoms with E-state index >= 15 is 0 Å². The SMILES string of the molecule is CN1C(=O)/C(=C/c2cc(F)c(O)c(F)c2)NC1/C=C/c1ccc(O)cc1. The van der Waals surface area contributed by atoms with E-state index in [9.17, 15) is 18.7 Å². The maximum atomic E-state index is 13.4. The number of likely N-dealkylation sites (N-methyl/N-ethyl adjacent to an activating group) is 1. The van der Waals surface area contributed by atoms with Crippen LogP contribution in [0.25, 0.3) is 12.2 Å². The van der Waals surface area contributed by atoms with Gasteiger partial charge in [-0.25, -0.2) is 8.78 Å². The summed E-state index contributed by atoms with van der Waals surface area (Å²) in [5, 5.41) is 21.4. The van der Waals surface area contributed by atoms with Gasteiger partial charge in [0.25, 0.3) is 5.91 Å². The maximum absolute atomic E-state index is 13.4. The van der Waals surface area contributed by atoms with E-state index in [1.165, 1.54) is 11.0 Å². The normalized spacial score (nSPS) is 18.7. The zero-order chi connectivity index (χ0) is 18.8. The van der Waals surface area contributed by atoms with E-state index in [-0.39, 0.29) is 22.9 Å². The Labute approximate surface area is 148 Å². The summed E-state index contributed by atoms with van der Waals surface area (Å²) in [6.07, 6.45) is 4.42. The van der Waals surface area contributed by atoms with E-state index in [4.69, 9.17) is 5.11 Å². The van der Waals surface area contributed by atoms with Crippen molar-refractivity contribution in [3.8, 4) is 11.5 Å². The summed E-state index contributed by atoms with van der Waals surface area (Å²) in [7, 11) is 1.60. The first-order valence-corrected chi connectivity index (χ1v) is 7.76. The number of carbonyl (C=O) groups is 1. The molecule has 0 radical (unpaired) electrons. The third-order valence-corrected chi connectivity index (χ3v) is 3.99. The molecule has 2 aromatic carbocycles. The van der Waals surface area contributed by atoms with Gasteiger partial charge in [-0.05, 0) is 47.5 Å². The molecule has 0 aliphatic carbocycles. The van der Waals surface area contributed by atoms with Crippen LogP contribution < -0.4 is 5.32 Å². The van der Waals surface area contributed by atoms with Gasteiger partial charge in [-0.15, -0.1) is 0 Å². The molecule has 1 amide bonds. The molecule has 1 heterocycles. The van der Waals surface area contributed by atoms with Gasteiger partial charge in [0.1, 0.15) is 17.6 Å². The lowest BCUT2D eigenvalue weighted by Gasteiger charge is -2.14. The van der Waals surface area contributed by atoms with Crippen molar-refractivity contribution in [3.63, 3.8) is 0 Å². The Hall–Kier alpha value is -3.35. The highest BCUT2D eigenvalue weighted by atomic mass is 19.1. The quantitative estimate of drug-likeness (QED) is 0.738. The van der Waals surface area contributed by atoms with Crippen molar-refractivity contribution in [1.29, 1.82) is 0 Å². The van der Waals surface area contributed by atoms with Crippen LogP contribution in [0.5, 0.6) is 11.5 Å². The summed E-state index contributed by atoms with van der Waals surface area (Å²) in [5.41, 5.74) is 1.13. The number of nitrogens with one attached hydrogen (secondary N) is 1. The monoisotopic (exact) mass is 358 g/mol. The van der Waals surface area contributed by atoms with Gasteiger partial charge in [-0.2, -0.15) is 0 Å². The van der Waals surface area contributed by atoms with Gasteiger partial charge in [0, 0.05) is 7.05 Å². The van der Waals surface area contributed by atoms with Gasteiger partial charge in [-0.1, -0.05) is 18.2 Å². The predicted octanol–water partition coefficient (Wildman–Crippen LogP) is 2.82. The molecule has 0 saturated carbocycles. The zero-order valence-corrected chi connectivity index (χ0v) is 13.8. The summed E-state index contributed by atoms with van der Waals surface area (Å²) >= 11 is 0. The van der Waals surface area contributed by atoms with Gasteiger partial charge < -0.3 is 20.4 Å². The minimum Gasteiger partial charge on any atom is -0.508 e. The number of amides is 1. The summed E-state index contributed by atoms with van der Waals surface area (Å²) in [5.74, 6) is -3.42. The third kappa shape index (κ3) is 3.51. The Balaban J connectivity index is 1.81. The molecule has 7 heteroatoms. The molecular weight excluding hydrogens is 342 g/mol. The van der Waals surface area contributed by atoms with E-state index in [2.05, 4.69) is 5.32 Å². The third-order valence-electron chi connectivity index (χ3n) is 3.99. The number of hydrogen-bond acceptors (Lipinski definition) is 4. The molecule has 1 saturated heterocycles. The Morgan fingerprint density at radius 1 is 1.08 bits per heavy atom. The Morgan fingerprint density at radius 2 is 1.69 bits per heavy atom. The highest BCUT2D eigenvalue weighted by Gasteiger charge is 2.30. The van der Waals surface area contributed by atoms with Crippen molar-refractivity contribution < 1.29 is 23.8 Å². The van der Waals surface area contributed by atoms with E-state index in [1.54, 1.807) is 43.5 Å². The van der Waals surface area contributed by atoms with Crippen LogP contribution in [-0.4, -0.2) is 34.2 Å². The molecule has 2 aromatic rings. The van der Waals surface area contributed by atoms with Crippen molar-refractivity contribution >= 4 is 18.1 Å². The fourth-order valence-electron chi connectivity index (χ4n) is 2.54. The van der Waals surface area contributed by atoms with Gasteiger partial charge >= 0.3 is 0 Å². The number of hydrogen-bond donors (Lipinski definition) is 3. The lowest BCUT2D eigenvalue weighted by molar-refractivity contribution is -0.124. The van der Waals surface area contributed by atoms with Crippen molar-refractivity contribution in [3.05, 3.63) is 70.9 Å². The second-order valence-corrected chi connectivity index (χ2v) is 5.85. The molecule has 3 rings (SSSR count). The van der Waals surface area contributed by atoms with Crippen molar-refractivity contribution in [2.24, 2.45) is 0 Å². The van der Waals surface area contributed by atoms with E-state index < -0.39 is 23.5 Å². The van der Waals surface area contributed by atoms with E-state index in [1.807, 2.05) is 0 Å². The minimum absolute atomic E-state index is 0.116. The molecule has 1 aliphatic rings. The Kier molecular flexibility index (Phi) is 4.62. The Morgan fingerprint density at radius 3 is 2.31 bits per heavy atom. The molecule has 0 aromatic heterocycles. The second-order valence-electron chi connectivity index (χ2n) is 5.85. The van der Waals surface area contributed by atoms with E-state index in [0.29, 0.717) is 0 Å². The molecule has 1 unspecified atom stereocenters. The highest BCUT2D eigenvalue weighted by Crippen LogP contribution is 2.24. The summed E-state index contributed by atoms with van der Waals surface area (Å²) in [6.45, 7) is 0. The van der Waals surface area contributed by atoms with Crippen LogP contribution in [0.15, 0.2) is 48.2 Å². The van der Waals surface area contributed by atoms with Crippen LogP contribution in [0.3, 0.4) is 0 Å². The topological polar surface area (TPSA) is 72.8 Å². The van der Waals surface area contributed by atoms with Crippen LogP contribution in [-0.2, 0) is 4.79 Å².